The molecule has 1 atom stereocenters. The molecule has 0 bridgehead atoms. The fraction of sp³-hybridized carbons (Fsp3) is 0.351. The van der Waals surface area contributed by atoms with E-state index in [4.69, 9.17) is 5.73 Å². The van der Waals surface area contributed by atoms with Crippen LogP contribution in [0.4, 0.5) is 0 Å². The van der Waals surface area contributed by atoms with Gasteiger partial charge in [-0.25, -0.2) is 0 Å². The minimum Gasteiger partial charge on any atom is -0.332 e. The zero-order valence-corrected chi connectivity index (χ0v) is 26.9. The van der Waals surface area contributed by atoms with Crippen molar-refractivity contribution in [3.05, 3.63) is 115 Å². The third-order valence-corrected chi connectivity index (χ3v) is 8.66. The zero-order chi connectivity index (χ0) is 32.3. The molecule has 7 heteroatoms. The molecule has 2 aromatic heterocycles. The molecule has 0 saturated carbocycles. The maximum atomic E-state index is 13.5. The van der Waals surface area contributed by atoms with Crippen molar-refractivity contribution >= 4 is 28.3 Å². The van der Waals surface area contributed by atoms with Crippen LogP contribution in [0, 0.1) is 6.92 Å². The summed E-state index contributed by atoms with van der Waals surface area (Å²) in [6.45, 7) is 12.1. The number of fused-ring (bicyclic) bond motifs is 1. The lowest BCUT2D eigenvalue weighted by atomic mass is 9.88. The van der Waals surface area contributed by atoms with Gasteiger partial charge in [-0.3, -0.25) is 19.2 Å². The molecule has 2 aliphatic carbocycles. The molecule has 0 aliphatic heterocycles. The van der Waals surface area contributed by atoms with Gasteiger partial charge in [0.1, 0.15) is 5.52 Å². The molecule has 1 unspecified atom stereocenters. The Bertz CT molecular complexity index is 1830. The Labute approximate surface area is 259 Å². The highest BCUT2D eigenvalue weighted by atomic mass is 16.1. The van der Waals surface area contributed by atoms with Gasteiger partial charge in [0.15, 0.2) is 17.3 Å². The quantitative estimate of drug-likeness (QED) is 0.310. The van der Waals surface area contributed by atoms with Gasteiger partial charge in [0.2, 0.25) is 0 Å². The van der Waals surface area contributed by atoms with Crippen LogP contribution >= 0.6 is 0 Å². The molecule has 0 amide bonds. The van der Waals surface area contributed by atoms with Gasteiger partial charge >= 0.3 is 0 Å². The smallest absolute Gasteiger partial charge is 0.274 e. The second kappa shape index (κ2) is 13.5. The Morgan fingerprint density at radius 1 is 0.864 bits per heavy atom. The van der Waals surface area contributed by atoms with Crippen LogP contribution in [0.15, 0.2) is 93.0 Å². The molecular formula is C37H43N3O4. The molecule has 44 heavy (non-hydrogen) atoms. The number of benzene rings is 1. The van der Waals surface area contributed by atoms with Crippen LogP contribution < -0.4 is 11.3 Å². The molecule has 5 rings (SSSR count). The van der Waals surface area contributed by atoms with E-state index in [0.717, 1.165) is 44.7 Å². The van der Waals surface area contributed by atoms with Gasteiger partial charge in [-0.1, -0.05) is 53.6 Å². The number of hydrogen-bond acceptors (Lipinski definition) is 5. The maximum absolute atomic E-state index is 13.5. The Balaban J connectivity index is 0.000000339. The first-order valence-electron chi connectivity index (χ1n) is 15.1. The van der Waals surface area contributed by atoms with Crippen molar-refractivity contribution < 1.29 is 14.4 Å². The lowest BCUT2D eigenvalue weighted by molar-refractivity contribution is -0.116. The summed E-state index contributed by atoms with van der Waals surface area (Å²) in [5.41, 5.74) is 14.0. The fourth-order valence-corrected chi connectivity index (χ4v) is 6.40. The van der Waals surface area contributed by atoms with Crippen LogP contribution in [0.2, 0.25) is 0 Å². The summed E-state index contributed by atoms with van der Waals surface area (Å²) in [5.74, 6) is 0.250. The molecule has 1 aromatic carbocycles. The van der Waals surface area contributed by atoms with Gasteiger partial charge in [0.05, 0.1) is 6.04 Å². The Morgan fingerprint density at radius 2 is 1.43 bits per heavy atom. The monoisotopic (exact) mass is 593 g/mol. The molecule has 0 spiro atoms. The highest BCUT2D eigenvalue weighted by molar-refractivity contribution is 6.10. The Hall–Kier alpha value is -4.36. The van der Waals surface area contributed by atoms with Crippen molar-refractivity contribution in [2.75, 3.05) is 6.54 Å². The summed E-state index contributed by atoms with van der Waals surface area (Å²) in [7, 11) is 1.72. The molecular weight excluding hydrogens is 550 g/mol. The van der Waals surface area contributed by atoms with E-state index in [1.54, 1.807) is 17.8 Å². The van der Waals surface area contributed by atoms with Crippen molar-refractivity contribution in [1.29, 1.82) is 0 Å². The van der Waals surface area contributed by atoms with Crippen molar-refractivity contribution in [2.24, 2.45) is 12.8 Å². The molecule has 230 valence electrons. The summed E-state index contributed by atoms with van der Waals surface area (Å²) in [5, 5.41) is 0.680. The Morgan fingerprint density at radius 3 is 1.98 bits per heavy atom. The zero-order valence-electron chi connectivity index (χ0n) is 26.9. The van der Waals surface area contributed by atoms with Crippen molar-refractivity contribution in [2.45, 2.75) is 73.3 Å². The highest BCUT2D eigenvalue weighted by Crippen LogP contribution is 2.32. The van der Waals surface area contributed by atoms with E-state index < -0.39 is 0 Å². The molecule has 2 aliphatic rings. The highest BCUT2D eigenvalue weighted by Gasteiger charge is 2.26. The van der Waals surface area contributed by atoms with E-state index in [2.05, 4.69) is 0 Å². The van der Waals surface area contributed by atoms with Gasteiger partial charge in [-0.15, -0.1) is 0 Å². The molecule has 2 N–H and O–H groups in total. The standard InChI is InChI=1S/C28H30N2O3.C9H13NO/c1-17-15-18(2)22(25(32)16-17)11-12-24(31)26-20(4)30(19(3)21-9-7-6-8-10-21)27-23(26)13-14-29(5)28(27)33;1-6-3-7(2)8(5-10)9(11)4-6/h6-10,13-15,19H,11-12,16H2,1-5H3;3H,4-5,10H2,1-2H3. The first-order valence-corrected chi connectivity index (χ1v) is 15.1. The van der Waals surface area contributed by atoms with Crippen LogP contribution in [0.5, 0.6) is 0 Å². The molecule has 7 nitrogen and oxygen atoms in total. The maximum Gasteiger partial charge on any atom is 0.274 e. The van der Waals surface area contributed by atoms with E-state index in [0.29, 0.717) is 42.3 Å². The van der Waals surface area contributed by atoms with Crippen LogP contribution in [0.25, 0.3) is 10.9 Å². The minimum atomic E-state index is -0.126. The first-order chi connectivity index (χ1) is 20.8. The number of Topliss-reactive ketones (excluding diaryl/α,β-unsaturated/α-hetero) is 3. The van der Waals surface area contributed by atoms with Crippen LogP contribution in [0.3, 0.4) is 0 Å². The number of nitrogens with zero attached hydrogens (tertiary/aromatic N) is 2. The number of aromatic nitrogens is 2. The molecule has 3 aromatic rings. The number of hydrogen-bond donors (Lipinski definition) is 1. The number of aryl methyl sites for hydroxylation is 1. The van der Waals surface area contributed by atoms with Gasteiger partial charge < -0.3 is 14.9 Å². The van der Waals surface area contributed by atoms with E-state index in [-0.39, 0.29) is 35.4 Å². The molecule has 0 saturated heterocycles. The number of nitrogens with two attached hydrogens (primary N) is 1. The van der Waals surface area contributed by atoms with E-state index in [9.17, 15) is 19.2 Å². The van der Waals surface area contributed by atoms with E-state index >= 15 is 0 Å². The van der Waals surface area contributed by atoms with Gasteiger partial charge in [-0.2, -0.15) is 0 Å². The number of carbonyl (C=O) groups is 3. The van der Waals surface area contributed by atoms with Crippen LogP contribution in [-0.2, 0) is 16.6 Å². The molecule has 0 fully saturated rings. The lowest BCUT2D eigenvalue weighted by Gasteiger charge is -2.18. The third-order valence-electron chi connectivity index (χ3n) is 8.66. The summed E-state index contributed by atoms with van der Waals surface area (Å²) in [6.07, 6.45) is 7.39. The average Bonchev–Trinajstić information content (AvgIpc) is 3.26. The predicted molar refractivity (Wildman–Crippen MR) is 177 cm³/mol. The van der Waals surface area contributed by atoms with Gasteiger partial charge in [0.25, 0.3) is 5.56 Å². The van der Waals surface area contributed by atoms with Crippen molar-refractivity contribution in [3.8, 4) is 0 Å². The summed E-state index contributed by atoms with van der Waals surface area (Å²) in [6, 6.07) is 11.7. The first kappa shape index (κ1) is 32.6. The number of carbonyl (C=O) groups excluding carboxylic acids is 3. The second-order valence-electron chi connectivity index (χ2n) is 12.0. The SMILES string of the molecule is CC1=CC(C)=C(CCC(=O)c2c(C)n(C(C)c3ccccc3)c3c(=O)n(C)ccc23)C(=O)C1.CC1=CC(C)=C(CN)C(=O)C1. The van der Waals surface area contributed by atoms with Gasteiger partial charge in [0, 0.05) is 61.3 Å². The summed E-state index contributed by atoms with van der Waals surface area (Å²) < 4.78 is 3.54. The van der Waals surface area contributed by atoms with Gasteiger partial charge in [-0.05, 0) is 76.3 Å². The van der Waals surface area contributed by atoms with E-state index in [1.807, 2.05) is 94.7 Å². The predicted octanol–water partition coefficient (Wildman–Crippen LogP) is 6.64. The second-order valence-corrected chi connectivity index (χ2v) is 12.0. The third kappa shape index (κ3) is 6.58. The molecule has 0 radical (unpaired) electrons. The number of pyridine rings is 1. The topological polar surface area (TPSA) is 104 Å². The lowest BCUT2D eigenvalue weighted by Crippen LogP contribution is -2.20. The number of ketones is 3. The van der Waals surface area contributed by atoms with E-state index in [1.165, 1.54) is 0 Å². The minimum absolute atomic E-state index is 0.0378. The van der Waals surface area contributed by atoms with Crippen molar-refractivity contribution in [1.82, 2.24) is 9.13 Å². The van der Waals surface area contributed by atoms with Crippen LogP contribution in [0.1, 0.15) is 88.0 Å². The summed E-state index contributed by atoms with van der Waals surface area (Å²) >= 11 is 0. The fourth-order valence-electron chi connectivity index (χ4n) is 6.40. The number of allylic oxidation sites excluding steroid dienone is 7. The van der Waals surface area contributed by atoms with Crippen molar-refractivity contribution in [3.63, 3.8) is 0 Å². The average molecular weight is 594 g/mol. The van der Waals surface area contributed by atoms with Crippen LogP contribution in [-0.4, -0.2) is 33.0 Å². The normalized spacial score (nSPS) is 16.1. The number of rotatable bonds is 7. The Kier molecular flexibility index (Phi) is 10.00. The summed E-state index contributed by atoms with van der Waals surface area (Å²) in [4.78, 5) is 50.4. The molecule has 2 heterocycles. The largest absolute Gasteiger partial charge is 0.332 e.